The lowest BCUT2D eigenvalue weighted by Crippen LogP contribution is -2.15. The summed E-state index contributed by atoms with van der Waals surface area (Å²) in [5.41, 5.74) is 2.04. The minimum atomic E-state index is 0.621. The Balaban J connectivity index is 1.94. The highest BCUT2D eigenvalue weighted by Crippen LogP contribution is 2.16. The fourth-order valence-electron chi connectivity index (χ4n) is 1.77. The fourth-order valence-corrected chi connectivity index (χ4v) is 2.28. The molecule has 5 nitrogen and oxygen atoms in total. The summed E-state index contributed by atoms with van der Waals surface area (Å²) in [6.45, 7) is 3.97. The molecule has 0 amide bonds. The van der Waals surface area contributed by atoms with Gasteiger partial charge in [0.2, 0.25) is 5.88 Å². The Morgan fingerprint density at radius 2 is 2.26 bits per heavy atom. The van der Waals surface area contributed by atoms with Gasteiger partial charge in [0.05, 0.1) is 16.8 Å². The van der Waals surface area contributed by atoms with Crippen molar-refractivity contribution >= 4 is 15.9 Å². The SMILES string of the molecule is CCOc1ncccc1CNCc1nn(C)cc1Br. The molecule has 0 radical (unpaired) electrons. The van der Waals surface area contributed by atoms with Crippen molar-refractivity contribution in [2.45, 2.75) is 20.0 Å². The van der Waals surface area contributed by atoms with Gasteiger partial charge in [-0.3, -0.25) is 4.68 Å². The van der Waals surface area contributed by atoms with Gasteiger partial charge in [-0.2, -0.15) is 5.10 Å². The first-order valence-electron chi connectivity index (χ1n) is 6.16. The van der Waals surface area contributed by atoms with E-state index in [2.05, 4.69) is 31.3 Å². The molecule has 19 heavy (non-hydrogen) atoms. The molecule has 0 spiro atoms. The van der Waals surface area contributed by atoms with Gasteiger partial charge in [0, 0.05) is 38.1 Å². The van der Waals surface area contributed by atoms with Gasteiger partial charge >= 0.3 is 0 Å². The molecule has 0 aliphatic rings. The van der Waals surface area contributed by atoms with E-state index in [1.54, 1.807) is 10.9 Å². The predicted molar refractivity (Wildman–Crippen MR) is 76.9 cm³/mol. The van der Waals surface area contributed by atoms with Crippen LogP contribution in [0.3, 0.4) is 0 Å². The first kappa shape index (κ1) is 14.0. The lowest BCUT2D eigenvalue weighted by Gasteiger charge is -2.09. The number of aromatic nitrogens is 3. The molecule has 0 unspecified atom stereocenters. The Hall–Kier alpha value is -1.40. The normalized spacial score (nSPS) is 10.7. The summed E-state index contributed by atoms with van der Waals surface area (Å²) in [6.07, 6.45) is 3.68. The molecule has 0 saturated heterocycles. The molecular formula is C13H17BrN4O. The molecule has 2 heterocycles. The van der Waals surface area contributed by atoms with Crippen molar-refractivity contribution in [3.05, 3.63) is 40.3 Å². The molecule has 6 heteroatoms. The maximum Gasteiger partial charge on any atom is 0.217 e. The van der Waals surface area contributed by atoms with E-state index < -0.39 is 0 Å². The molecule has 2 rings (SSSR count). The maximum absolute atomic E-state index is 5.49. The Bertz CT molecular complexity index is 541. The number of hydrogen-bond donors (Lipinski definition) is 1. The van der Waals surface area contributed by atoms with E-state index >= 15 is 0 Å². The van der Waals surface area contributed by atoms with Gasteiger partial charge in [-0.15, -0.1) is 0 Å². The summed E-state index contributed by atoms with van der Waals surface area (Å²) in [6, 6.07) is 3.93. The highest BCUT2D eigenvalue weighted by molar-refractivity contribution is 9.10. The predicted octanol–water partition coefficient (Wildman–Crippen LogP) is 2.27. The molecule has 0 bridgehead atoms. The van der Waals surface area contributed by atoms with Crippen molar-refractivity contribution in [2.24, 2.45) is 7.05 Å². The number of nitrogens with zero attached hydrogens (tertiary/aromatic N) is 3. The van der Waals surface area contributed by atoms with Crippen LogP contribution in [0.1, 0.15) is 18.2 Å². The Morgan fingerprint density at radius 3 is 2.95 bits per heavy atom. The molecule has 0 fully saturated rings. The van der Waals surface area contributed by atoms with Crippen LogP contribution in [0.4, 0.5) is 0 Å². The Morgan fingerprint density at radius 1 is 1.42 bits per heavy atom. The second kappa shape index (κ2) is 6.68. The average Bonchev–Trinajstić information content (AvgIpc) is 2.70. The highest BCUT2D eigenvalue weighted by atomic mass is 79.9. The summed E-state index contributed by atoms with van der Waals surface area (Å²) in [5, 5.41) is 7.71. The first-order valence-corrected chi connectivity index (χ1v) is 6.95. The number of hydrogen-bond acceptors (Lipinski definition) is 4. The van der Waals surface area contributed by atoms with Crippen molar-refractivity contribution in [3.8, 4) is 5.88 Å². The zero-order chi connectivity index (χ0) is 13.7. The molecule has 1 N–H and O–H groups in total. The quantitative estimate of drug-likeness (QED) is 0.885. The highest BCUT2D eigenvalue weighted by Gasteiger charge is 2.06. The standard InChI is InChI=1S/C13H17BrN4O/c1-3-19-13-10(5-4-6-16-13)7-15-8-12-11(14)9-18(2)17-12/h4-6,9,15H,3,7-8H2,1-2H3. The largest absolute Gasteiger partial charge is 0.478 e. The number of ether oxygens (including phenoxy) is 1. The van der Waals surface area contributed by atoms with Gasteiger partial charge < -0.3 is 10.1 Å². The molecule has 0 aliphatic heterocycles. The third-order valence-corrected chi connectivity index (χ3v) is 3.26. The van der Waals surface area contributed by atoms with E-state index in [0.29, 0.717) is 25.6 Å². The van der Waals surface area contributed by atoms with Crippen LogP contribution < -0.4 is 10.1 Å². The zero-order valence-corrected chi connectivity index (χ0v) is 12.6. The van der Waals surface area contributed by atoms with E-state index in [1.165, 1.54) is 0 Å². The number of pyridine rings is 1. The van der Waals surface area contributed by atoms with Crippen LogP contribution in [0.15, 0.2) is 29.0 Å². The van der Waals surface area contributed by atoms with Crippen molar-refractivity contribution in [1.82, 2.24) is 20.1 Å². The molecule has 2 aromatic heterocycles. The van der Waals surface area contributed by atoms with E-state index in [0.717, 1.165) is 15.7 Å². The second-order valence-corrected chi connectivity index (χ2v) is 4.96. The van der Waals surface area contributed by atoms with E-state index in [4.69, 9.17) is 4.74 Å². The average molecular weight is 325 g/mol. The molecular weight excluding hydrogens is 308 g/mol. The lowest BCUT2D eigenvalue weighted by molar-refractivity contribution is 0.322. The molecule has 102 valence electrons. The maximum atomic E-state index is 5.49. The Labute approximate surface area is 121 Å². The minimum Gasteiger partial charge on any atom is -0.478 e. The summed E-state index contributed by atoms with van der Waals surface area (Å²) in [4.78, 5) is 4.22. The number of nitrogens with one attached hydrogen (secondary N) is 1. The van der Waals surface area contributed by atoms with Gasteiger partial charge in [0.15, 0.2) is 0 Å². The van der Waals surface area contributed by atoms with Crippen molar-refractivity contribution in [3.63, 3.8) is 0 Å². The molecule has 0 aliphatic carbocycles. The minimum absolute atomic E-state index is 0.621. The molecule has 2 aromatic rings. The molecule has 0 atom stereocenters. The first-order chi connectivity index (χ1) is 9.20. The van der Waals surface area contributed by atoms with Gasteiger partial charge in [0.25, 0.3) is 0 Å². The monoisotopic (exact) mass is 324 g/mol. The number of halogens is 1. The lowest BCUT2D eigenvalue weighted by atomic mass is 10.2. The summed E-state index contributed by atoms with van der Waals surface area (Å²) < 4.78 is 8.29. The van der Waals surface area contributed by atoms with Crippen LogP contribution in [-0.4, -0.2) is 21.4 Å². The van der Waals surface area contributed by atoms with Crippen molar-refractivity contribution in [1.29, 1.82) is 0 Å². The molecule has 0 aromatic carbocycles. The van der Waals surface area contributed by atoms with Crippen LogP contribution >= 0.6 is 15.9 Å². The van der Waals surface area contributed by atoms with Crippen LogP contribution in [0, 0.1) is 0 Å². The van der Waals surface area contributed by atoms with Crippen LogP contribution in [-0.2, 0) is 20.1 Å². The van der Waals surface area contributed by atoms with Crippen molar-refractivity contribution in [2.75, 3.05) is 6.61 Å². The third-order valence-electron chi connectivity index (χ3n) is 2.59. The summed E-state index contributed by atoms with van der Waals surface area (Å²) >= 11 is 3.48. The van der Waals surface area contributed by atoms with Gasteiger partial charge in [-0.1, -0.05) is 6.07 Å². The van der Waals surface area contributed by atoms with Crippen LogP contribution in [0.2, 0.25) is 0 Å². The van der Waals surface area contributed by atoms with Crippen LogP contribution in [0.5, 0.6) is 5.88 Å². The summed E-state index contributed by atoms with van der Waals surface area (Å²) in [7, 11) is 1.91. The topological polar surface area (TPSA) is 52.0 Å². The van der Waals surface area contributed by atoms with Gasteiger partial charge in [-0.25, -0.2) is 4.98 Å². The third kappa shape index (κ3) is 3.78. The zero-order valence-electron chi connectivity index (χ0n) is 11.1. The van der Waals surface area contributed by atoms with E-state index in [9.17, 15) is 0 Å². The Kier molecular flexibility index (Phi) is 4.93. The van der Waals surface area contributed by atoms with E-state index in [1.807, 2.05) is 32.3 Å². The smallest absolute Gasteiger partial charge is 0.217 e. The van der Waals surface area contributed by atoms with Crippen LogP contribution in [0.25, 0.3) is 0 Å². The summed E-state index contributed by atoms with van der Waals surface area (Å²) in [5.74, 6) is 0.692. The van der Waals surface area contributed by atoms with E-state index in [-0.39, 0.29) is 0 Å². The molecule has 0 saturated carbocycles. The van der Waals surface area contributed by atoms with Crippen molar-refractivity contribution < 1.29 is 4.74 Å². The second-order valence-electron chi connectivity index (χ2n) is 4.10. The number of aryl methyl sites for hydroxylation is 1. The number of rotatable bonds is 6. The fraction of sp³-hybridized carbons (Fsp3) is 0.385. The van der Waals surface area contributed by atoms with Gasteiger partial charge in [-0.05, 0) is 28.9 Å². The van der Waals surface area contributed by atoms with Gasteiger partial charge in [0.1, 0.15) is 0 Å².